The van der Waals surface area contributed by atoms with Gasteiger partial charge in [0.15, 0.2) is 0 Å². The molecule has 0 aliphatic heterocycles. The first-order valence-corrected chi connectivity index (χ1v) is 6.28. The van der Waals surface area contributed by atoms with Crippen LogP contribution in [0.2, 0.25) is 0 Å². The fourth-order valence-corrected chi connectivity index (χ4v) is 1.78. The van der Waals surface area contributed by atoms with Crippen molar-refractivity contribution in [1.29, 1.82) is 0 Å². The molecule has 0 spiro atoms. The fraction of sp³-hybridized carbons (Fsp3) is 0.267. The quantitative estimate of drug-likeness (QED) is 0.912. The highest BCUT2D eigenvalue weighted by atomic mass is 19.1. The summed E-state index contributed by atoms with van der Waals surface area (Å²) in [5.74, 6) is 0.595. The Morgan fingerprint density at radius 2 is 2.10 bits per heavy atom. The highest BCUT2D eigenvalue weighted by molar-refractivity contribution is 5.30. The summed E-state index contributed by atoms with van der Waals surface area (Å²) < 4.78 is 24.3. The van der Waals surface area contributed by atoms with Gasteiger partial charge in [-0.2, -0.15) is 0 Å². The second-order valence-corrected chi connectivity index (χ2v) is 4.43. The summed E-state index contributed by atoms with van der Waals surface area (Å²) in [7, 11) is 1.55. The summed E-state index contributed by atoms with van der Waals surface area (Å²) >= 11 is 0. The highest BCUT2D eigenvalue weighted by Gasteiger charge is 2.08. The number of methoxy groups -OCH3 is 1. The number of aromatic nitrogens is 1. The Kier molecular flexibility index (Phi) is 4.53. The zero-order valence-electron chi connectivity index (χ0n) is 11.5. The lowest BCUT2D eigenvalue weighted by molar-refractivity contribution is 0.296. The van der Waals surface area contributed by atoms with Gasteiger partial charge in [-0.3, -0.25) is 0 Å². The lowest BCUT2D eigenvalue weighted by Gasteiger charge is -2.10. The Labute approximate surface area is 117 Å². The van der Waals surface area contributed by atoms with E-state index < -0.39 is 0 Å². The number of nitrogens with two attached hydrogens (primary N) is 1. The molecule has 2 aromatic rings. The van der Waals surface area contributed by atoms with E-state index in [1.165, 1.54) is 6.07 Å². The molecular formula is C15H17FN2O2. The van der Waals surface area contributed by atoms with Crippen LogP contribution < -0.4 is 15.2 Å². The molecule has 2 rings (SSSR count). The summed E-state index contributed by atoms with van der Waals surface area (Å²) in [5, 5.41) is 0. The van der Waals surface area contributed by atoms with E-state index in [9.17, 15) is 4.39 Å². The molecule has 0 saturated carbocycles. The minimum atomic E-state index is -0.365. The van der Waals surface area contributed by atoms with Crippen molar-refractivity contribution in [2.75, 3.05) is 7.11 Å². The van der Waals surface area contributed by atoms with Gasteiger partial charge < -0.3 is 15.2 Å². The SMILES string of the molecule is COc1cccc(COc2ccc([C@H](C)N)c(F)c2)n1. The molecule has 1 heterocycles. The third-order valence-corrected chi connectivity index (χ3v) is 2.84. The highest BCUT2D eigenvalue weighted by Crippen LogP contribution is 2.21. The summed E-state index contributed by atoms with van der Waals surface area (Å²) in [5.41, 5.74) is 6.84. The molecule has 0 unspecified atom stereocenters. The third-order valence-electron chi connectivity index (χ3n) is 2.84. The monoisotopic (exact) mass is 276 g/mol. The molecular weight excluding hydrogens is 259 g/mol. The molecule has 0 aliphatic carbocycles. The van der Waals surface area contributed by atoms with Crippen LogP contribution in [0.15, 0.2) is 36.4 Å². The van der Waals surface area contributed by atoms with Crippen LogP contribution in [-0.4, -0.2) is 12.1 Å². The number of nitrogens with zero attached hydrogens (tertiary/aromatic N) is 1. The summed E-state index contributed by atoms with van der Waals surface area (Å²) in [6.07, 6.45) is 0. The zero-order valence-corrected chi connectivity index (χ0v) is 11.5. The Morgan fingerprint density at radius 3 is 2.75 bits per heavy atom. The molecule has 4 nitrogen and oxygen atoms in total. The van der Waals surface area contributed by atoms with Crippen molar-refractivity contribution in [2.45, 2.75) is 19.6 Å². The van der Waals surface area contributed by atoms with Crippen LogP contribution in [0.4, 0.5) is 4.39 Å². The van der Waals surface area contributed by atoms with E-state index >= 15 is 0 Å². The van der Waals surface area contributed by atoms with Crippen LogP contribution in [0.1, 0.15) is 24.2 Å². The van der Waals surface area contributed by atoms with Crippen LogP contribution in [0.25, 0.3) is 0 Å². The average Bonchev–Trinajstić information content (AvgIpc) is 2.45. The Bertz CT molecular complexity index is 588. The van der Waals surface area contributed by atoms with E-state index in [-0.39, 0.29) is 18.5 Å². The second kappa shape index (κ2) is 6.34. The van der Waals surface area contributed by atoms with Gasteiger partial charge in [0, 0.05) is 23.7 Å². The van der Waals surface area contributed by atoms with Gasteiger partial charge in [0.2, 0.25) is 5.88 Å². The van der Waals surface area contributed by atoms with Gasteiger partial charge in [0.05, 0.1) is 12.8 Å². The number of pyridine rings is 1. The van der Waals surface area contributed by atoms with E-state index in [0.717, 1.165) is 0 Å². The minimum Gasteiger partial charge on any atom is -0.487 e. The molecule has 106 valence electrons. The van der Waals surface area contributed by atoms with E-state index in [0.29, 0.717) is 22.9 Å². The van der Waals surface area contributed by atoms with Gasteiger partial charge in [0.25, 0.3) is 0 Å². The molecule has 1 atom stereocenters. The van der Waals surface area contributed by atoms with Crippen LogP contribution in [0.5, 0.6) is 11.6 Å². The molecule has 0 fully saturated rings. The van der Waals surface area contributed by atoms with Gasteiger partial charge in [-0.05, 0) is 19.1 Å². The number of hydrogen-bond acceptors (Lipinski definition) is 4. The number of ether oxygens (including phenoxy) is 2. The normalized spacial score (nSPS) is 12.0. The smallest absolute Gasteiger partial charge is 0.213 e. The topological polar surface area (TPSA) is 57.4 Å². The lowest BCUT2D eigenvalue weighted by atomic mass is 10.1. The molecule has 0 bridgehead atoms. The van der Waals surface area contributed by atoms with Gasteiger partial charge in [-0.1, -0.05) is 12.1 Å². The Morgan fingerprint density at radius 1 is 1.30 bits per heavy atom. The number of benzene rings is 1. The van der Waals surface area contributed by atoms with Crippen molar-refractivity contribution in [1.82, 2.24) is 4.98 Å². The van der Waals surface area contributed by atoms with Crippen molar-refractivity contribution in [3.63, 3.8) is 0 Å². The van der Waals surface area contributed by atoms with Crippen molar-refractivity contribution >= 4 is 0 Å². The molecule has 0 radical (unpaired) electrons. The first-order valence-electron chi connectivity index (χ1n) is 6.28. The molecule has 0 aliphatic rings. The minimum absolute atomic E-state index is 0.244. The van der Waals surface area contributed by atoms with Gasteiger partial charge >= 0.3 is 0 Å². The standard InChI is InChI=1S/C15H17FN2O2/c1-10(17)13-7-6-12(8-14(13)16)20-9-11-4-3-5-15(18-11)19-2/h3-8,10H,9,17H2,1-2H3/t10-/m0/s1. The third kappa shape index (κ3) is 3.45. The summed E-state index contributed by atoms with van der Waals surface area (Å²) in [4.78, 5) is 4.21. The van der Waals surface area contributed by atoms with Crippen LogP contribution in [0.3, 0.4) is 0 Å². The first-order chi connectivity index (χ1) is 9.60. The van der Waals surface area contributed by atoms with E-state index in [4.69, 9.17) is 15.2 Å². The number of rotatable bonds is 5. The fourth-order valence-electron chi connectivity index (χ4n) is 1.78. The summed E-state index contributed by atoms with van der Waals surface area (Å²) in [6, 6.07) is 9.71. The lowest BCUT2D eigenvalue weighted by Crippen LogP contribution is -2.07. The predicted octanol–water partition coefficient (Wildman–Crippen LogP) is 2.83. The molecule has 1 aromatic carbocycles. The maximum atomic E-state index is 13.7. The maximum Gasteiger partial charge on any atom is 0.213 e. The predicted molar refractivity (Wildman–Crippen MR) is 74.1 cm³/mol. The largest absolute Gasteiger partial charge is 0.487 e. The second-order valence-electron chi connectivity index (χ2n) is 4.43. The maximum absolute atomic E-state index is 13.7. The molecule has 2 N–H and O–H groups in total. The van der Waals surface area contributed by atoms with Gasteiger partial charge in [-0.15, -0.1) is 0 Å². The van der Waals surface area contributed by atoms with Crippen molar-refractivity contribution in [3.8, 4) is 11.6 Å². The average molecular weight is 276 g/mol. The van der Waals surface area contributed by atoms with E-state index in [2.05, 4.69) is 4.98 Å². The molecule has 5 heteroatoms. The van der Waals surface area contributed by atoms with Gasteiger partial charge in [-0.25, -0.2) is 9.37 Å². The number of halogens is 1. The molecule has 1 aromatic heterocycles. The van der Waals surface area contributed by atoms with Crippen molar-refractivity contribution in [3.05, 3.63) is 53.5 Å². The molecule has 0 amide bonds. The van der Waals surface area contributed by atoms with E-state index in [1.54, 1.807) is 32.2 Å². The number of hydrogen-bond donors (Lipinski definition) is 1. The van der Waals surface area contributed by atoms with Crippen LogP contribution in [0, 0.1) is 5.82 Å². The van der Waals surface area contributed by atoms with Crippen molar-refractivity contribution in [2.24, 2.45) is 5.73 Å². The Balaban J connectivity index is 2.05. The van der Waals surface area contributed by atoms with E-state index in [1.807, 2.05) is 12.1 Å². The van der Waals surface area contributed by atoms with Crippen molar-refractivity contribution < 1.29 is 13.9 Å². The summed E-state index contributed by atoms with van der Waals surface area (Å²) in [6.45, 7) is 1.98. The molecule has 0 saturated heterocycles. The zero-order chi connectivity index (χ0) is 14.5. The molecule has 20 heavy (non-hydrogen) atoms. The Hall–Kier alpha value is -2.14. The van der Waals surface area contributed by atoms with Crippen LogP contribution in [-0.2, 0) is 6.61 Å². The van der Waals surface area contributed by atoms with Crippen LogP contribution >= 0.6 is 0 Å². The first kappa shape index (κ1) is 14.3. The van der Waals surface area contributed by atoms with Gasteiger partial charge in [0.1, 0.15) is 18.2 Å².